The van der Waals surface area contributed by atoms with E-state index in [0.717, 1.165) is 15.4 Å². The van der Waals surface area contributed by atoms with E-state index in [4.69, 9.17) is 10.5 Å². The Hall–Kier alpha value is -1.11. The number of nitrogens with one attached hydrogen (secondary N) is 1. The molecule has 1 aromatic heterocycles. The van der Waals surface area contributed by atoms with Crippen molar-refractivity contribution in [2.24, 2.45) is 11.1 Å². The Morgan fingerprint density at radius 1 is 1.28 bits per heavy atom. The van der Waals surface area contributed by atoms with E-state index < -0.39 is 17.1 Å². The van der Waals surface area contributed by atoms with Crippen molar-refractivity contribution in [1.29, 1.82) is 0 Å². The molecule has 0 fully saturated rings. The zero-order chi connectivity index (χ0) is 19.4. The predicted octanol–water partition coefficient (Wildman–Crippen LogP) is 3.64. The number of carbonyl (C=O) groups excluding carboxylic acids is 1. The van der Waals surface area contributed by atoms with E-state index >= 15 is 0 Å². The second-order valence-electron chi connectivity index (χ2n) is 9.40. The van der Waals surface area contributed by atoms with Gasteiger partial charge in [0.2, 0.25) is 0 Å². The van der Waals surface area contributed by atoms with Crippen LogP contribution in [0.1, 0.15) is 76.2 Å². The molecule has 1 amide bonds. The van der Waals surface area contributed by atoms with Gasteiger partial charge in [-0.1, -0.05) is 20.8 Å². The van der Waals surface area contributed by atoms with Crippen LogP contribution in [0.25, 0.3) is 0 Å². The van der Waals surface area contributed by atoms with Crippen LogP contribution in [0.3, 0.4) is 0 Å². The van der Waals surface area contributed by atoms with Crippen molar-refractivity contribution in [2.45, 2.75) is 78.6 Å². The van der Waals surface area contributed by atoms with Crippen LogP contribution in [0.2, 0.25) is 0 Å². The summed E-state index contributed by atoms with van der Waals surface area (Å²) in [5.74, 6) is -0.441. The second-order valence-corrected chi connectivity index (χ2v) is 10.4. The average Bonchev–Trinajstić information content (AvgIpc) is 2.71. The number of rotatable bonds is 4. The van der Waals surface area contributed by atoms with Crippen LogP contribution in [0.5, 0.6) is 0 Å². The Kier molecular flexibility index (Phi) is 4.82. The zero-order valence-corrected chi connectivity index (χ0v) is 17.5. The van der Waals surface area contributed by atoms with Crippen molar-refractivity contribution in [1.82, 2.24) is 0 Å². The minimum Gasteiger partial charge on any atom is -0.388 e. The number of hydrogen-bond acceptors (Lipinski definition) is 5. The highest BCUT2D eigenvalue weighted by molar-refractivity contribution is 7.17. The normalized spacial score (nSPS) is 21.3. The molecule has 4 N–H and O–H groups in total. The lowest BCUT2D eigenvalue weighted by molar-refractivity contribution is -0.135. The first-order chi connectivity index (χ1) is 11.1. The molecule has 6 heteroatoms. The maximum absolute atomic E-state index is 12.2. The smallest absolute Gasteiger partial charge is 0.251 e. The molecule has 0 aliphatic carbocycles. The van der Waals surface area contributed by atoms with Gasteiger partial charge in [-0.2, -0.15) is 0 Å². The van der Waals surface area contributed by atoms with E-state index in [1.54, 1.807) is 6.92 Å². The standard InChI is InChI=1S/C19H32N2O3S/c1-16(2,3)19(8,23)10-21-15-12(14(20)22)11-9-17(4,5)24-18(6,7)13(11)25-15/h21,23H,9-10H2,1-8H3,(H2,20,22). The van der Waals surface area contributed by atoms with E-state index in [1.165, 1.54) is 11.3 Å². The number of hydrogen-bond donors (Lipinski definition) is 3. The number of nitrogens with two attached hydrogens (primary N) is 1. The van der Waals surface area contributed by atoms with E-state index in [9.17, 15) is 9.90 Å². The van der Waals surface area contributed by atoms with Gasteiger partial charge >= 0.3 is 0 Å². The van der Waals surface area contributed by atoms with Crippen molar-refractivity contribution < 1.29 is 14.6 Å². The van der Waals surface area contributed by atoms with Crippen LogP contribution < -0.4 is 11.1 Å². The molecule has 1 aliphatic rings. The molecular formula is C19H32N2O3S. The minimum atomic E-state index is -0.933. The first kappa shape index (κ1) is 20.2. The molecule has 0 saturated carbocycles. The van der Waals surface area contributed by atoms with Crippen LogP contribution in [0.15, 0.2) is 0 Å². The molecule has 0 bridgehead atoms. The van der Waals surface area contributed by atoms with Crippen LogP contribution in [-0.4, -0.2) is 28.8 Å². The fourth-order valence-electron chi connectivity index (χ4n) is 3.22. The number of primary amides is 1. The molecule has 1 unspecified atom stereocenters. The van der Waals surface area contributed by atoms with Gasteiger partial charge in [-0.25, -0.2) is 0 Å². The molecule has 2 rings (SSSR count). The maximum atomic E-state index is 12.2. The third-order valence-corrected chi connectivity index (χ3v) is 6.64. The fraction of sp³-hybridized carbons (Fsp3) is 0.737. The van der Waals surface area contributed by atoms with Gasteiger partial charge in [0.25, 0.3) is 5.91 Å². The predicted molar refractivity (Wildman–Crippen MR) is 103 cm³/mol. The summed E-state index contributed by atoms with van der Waals surface area (Å²) < 4.78 is 6.22. The number of anilines is 1. The number of thiophene rings is 1. The number of ether oxygens (including phenoxy) is 1. The van der Waals surface area contributed by atoms with Gasteiger partial charge in [-0.15, -0.1) is 11.3 Å². The fourth-order valence-corrected chi connectivity index (χ4v) is 4.48. The molecule has 0 radical (unpaired) electrons. The molecule has 5 nitrogen and oxygen atoms in total. The lowest BCUT2D eigenvalue weighted by atomic mass is 9.78. The Balaban J connectivity index is 2.45. The first-order valence-corrected chi connectivity index (χ1v) is 9.51. The molecule has 1 atom stereocenters. The zero-order valence-electron chi connectivity index (χ0n) is 16.7. The van der Waals surface area contributed by atoms with Crippen molar-refractivity contribution >= 4 is 22.2 Å². The van der Waals surface area contributed by atoms with Gasteiger partial charge in [0, 0.05) is 17.8 Å². The highest BCUT2D eigenvalue weighted by atomic mass is 32.1. The molecule has 1 aliphatic heterocycles. The summed E-state index contributed by atoms with van der Waals surface area (Å²) in [6.07, 6.45) is 0.637. The summed E-state index contributed by atoms with van der Waals surface area (Å²) in [5, 5.41) is 14.7. The first-order valence-electron chi connectivity index (χ1n) is 8.70. The van der Waals surface area contributed by atoms with Crippen molar-refractivity contribution in [3.8, 4) is 0 Å². The number of amides is 1. The summed E-state index contributed by atoms with van der Waals surface area (Å²) in [6, 6.07) is 0. The molecule has 0 spiro atoms. The lowest BCUT2D eigenvalue weighted by Crippen LogP contribution is -2.45. The molecule has 0 aromatic carbocycles. The van der Waals surface area contributed by atoms with E-state index in [1.807, 2.05) is 48.5 Å². The molecule has 2 heterocycles. The summed E-state index contributed by atoms with van der Waals surface area (Å²) in [4.78, 5) is 13.2. The average molecular weight is 369 g/mol. The third-order valence-electron chi connectivity index (χ3n) is 5.14. The van der Waals surface area contributed by atoms with E-state index in [-0.39, 0.29) is 11.0 Å². The van der Waals surface area contributed by atoms with Gasteiger partial charge in [-0.3, -0.25) is 4.79 Å². The summed E-state index contributed by atoms with van der Waals surface area (Å²) in [7, 11) is 0. The minimum absolute atomic E-state index is 0.297. The van der Waals surface area contributed by atoms with Gasteiger partial charge in [0.05, 0.1) is 22.4 Å². The largest absolute Gasteiger partial charge is 0.388 e. The van der Waals surface area contributed by atoms with Crippen LogP contribution in [0.4, 0.5) is 5.00 Å². The Morgan fingerprint density at radius 2 is 1.84 bits per heavy atom. The van der Waals surface area contributed by atoms with Crippen LogP contribution in [0, 0.1) is 5.41 Å². The molecular weight excluding hydrogens is 336 g/mol. The summed E-state index contributed by atoms with van der Waals surface area (Å²) in [5.41, 5.74) is 5.13. The molecule has 25 heavy (non-hydrogen) atoms. The lowest BCUT2D eigenvalue weighted by Gasteiger charge is -2.41. The van der Waals surface area contributed by atoms with Crippen LogP contribution >= 0.6 is 11.3 Å². The van der Waals surface area contributed by atoms with Gasteiger partial charge in [0.1, 0.15) is 5.00 Å². The Labute approximate surface area is 154 Å². The monoisotopic (exact) mass is 368 g/mol. The summed E-state index contributed by atoms with van der Waals surface area (Å²) >= 11 is 1.50. The van der Waals surface area contributed by atoms with Gasteiger partial charge < -0.3 is 20.9 Å². The highest BCUT2D eigenvalue weighted by Gasteiger charge is 2.43. The number of aliphatic hydroxyl groups is 1. The Morgan fingerprint density at radius 3 is 2.32 bits per heavy atom. The quantitative estimate of drug-likeness (QED) is 0.757. The molecule has 0 saturated heterocycles. The van der Waals surface area contributed by atoms with E-state index in [0.29, 0.717) is 18.5 Å². The van der Waals surface area contributed by atoms with Crippen LogP contribution in [-0.2, 0) is 16.8 Å². The molecule has 142 valence electrons. The topological polar surface area (TPSA) is 84.6 Å². The molecule has 1 aromatic rings. The van der Waals surface area contributed by atoms with Crippen molar-refractivity contribution in [3.63, 3.8) is 0 Å². The van der Waals surface area contributed by atoms with Crippen molar-refractivity contribution in [3.05, 3.63) is 16.0 Å². The van der Waals surface area contributed by atoms with Gasteiger partial charge in [0.15, 0.2) is 0 Å². The number of fused-ring (bicyclic) bond motifs is 1. The summed E-state index contributed by atoms with van der Waals surface area (Å²) in [6.45, 7) is 16.2. The van der Waals surface area contributed by atoms with Crippen molar-refractivity contribution in [2.75, 3.05) is 11.9 Å². The maximum Gasteiger partial charge on any atom is 0.251 e. The SMILES string of the molecule is CC1(C)Cc2c(sc(NCC(C)(O)C(C)(C)C)c2C(N)=O)C(C)(C)O1. The highest BCUT2D eigenvalue weighted by Crippen LogP contribution is 2.48. The second kappa shape index (κ2) is 5.96. The third kappa shape index (κ3) is 3.86. The Bertz CT molecular complexity index is 682. The van der Waals surface area contributed by atoms with E-state index in [2.05, 4.69) is 5.32 Å². The van der Waals surface area contributed by atoms with Gasteiger partial charge in [-0.05, 0) is 45.6 Å². The number of carbonyl (C=O) groups is 1.